The molecule has 1 aromatic rings. The Bertz CT molecular complexity index is 1190. The summed E-state index contributed by atoms with van der Waals surface area (Å²) in [6.45, 7) is 5.48. The molecule has 0 saturated carbocycles. The molecule has 0 aromatic heterocycles. The molecule has 3 aliphatic rings. The molecule has 39 heavy (non-hydrogen) atoms. The SMILES string of the molecule is COc1cc2cc(c1Cl)N(C)C(=O)C[C@@H](O)[C@]1(C)O[C@H]1[C@H](C)[C@H]1C[C@@](O)(NC(=O)O1)[C@H](OC)/C=C/C=C(\C)C2. The summed E-state index contributed by atoms with van der Waals surface area (Å²) in [6, 6.07) is 3.63. The number of hydrogen-bond acceptors (Lipinski definition) is 8. The van der Waals surface area contributed by atoms with E-state index >= 15 is 0 Å². The molecular formula is C28H37ClN2O8. The number of ether oxygens (including phenoxy) is 4. The maximum absolute atomic E-state index is 13.3. The van der Waals surface area contributed by atoms with Crippen LogP contribution in [0, 0.1) is 5.92 Å². The summed E-state index contributed by atoms with van der Waals surface area (Å²) in [7, 11) is 4.56. The Balaban J connectivity index is 1.74. The van der Waals surface area contributed by atoms with E-state index in [-0.39, 0.29) is 23.8 Å². The van der Waals surface area contributed by atoms with E-state index in [2.05, 4.69) is 5.32 Å². The van der Waals surface area contributed by atoms with Crippen LogP contribution < -0.4 is 15.0 Å². The van der Waals surface area contributed by atoms with Crippen LogP contribution in [0.15, 0.2) is 35.9 Å². The number of carbonyl (C=O) groups is 2. The molecule has 10 nitrogen and oxygen atoms in total. The maximum atomic E-state index is 13.3. The van der Waals surface area contributed by atoms with Gasteiger partial charge in [0.1, 0.15) is 28.6 Å². The van der Waals surface area contributed by atoms with Crippen molar-refractivity contribution in [3.05, 3.63) is 46.5 Å². The number of epoxide rings is 1. The smallest absolute Gasteiger partial charge is 0.409 e. The largest absolute Gasteiger partial charge is 0.495 e. The average Bonchev–Trinajstić information content (AvgIpc) is 3.58. The number of aliphatic hydroxyl groups excluding tert-OH is 1. The number of rotatable bonds is 2. The van der Waals surface area contributed by atoms with Crippen LogP contribution in [0.25, 0.3) is 0 Å². The number of fused-ring (bicyclic) bond motifs is 5. The highest BCUT2D eigenvalue weighted by molar-refractivity contribution is 6.35. The Morgan fingerprint density at radius 3 is 2.64 bits per heavy atom. The quantitative estimate of drug-likeness (QED) is 0.467. The molecule has 214 valence electrons. The molecule has 0 spiro atoms. The Hall–Kier alpha value is -2.63. The zero-order valence-electron chi connectivity index (χ0n) is 23.1. The van der Waals surface area contributed by atoms with E-state index in [9.17, 15) is 19.8 Å². The first-order valence-corrected chi connectivity index (χ1v) is 13.3. The molecule has 11 heteroatoms. The van der Waals surface area contributed by atoms with Gasteiger partial charge in [0.25, 0.3) is 0 Å². The van der Waals surface area contributed by atoms with Crippen LogP contribution in [0.1, 0.15) is 39.2 Å². The van der Waals surface area contributed by atoms with Gasteiger partial charge in [-0.1, -0.05) is 42.3 Å². The molecule has 0 radical (unpaired) electrons. The third kappa shape index (κ3) is 5.81. The molecule has 4 bridgehead atoms. The van der Waals surface area contributed by atoms with Gasteiger partial charge in [-0.2, -0.15) is 0 Å². The zero-order valence-corrected chi connectivity index (χ0v) is 23.8. The van der Waals surface area contributed by atoms with Crippen LogP contribution >= 0.6 is 11.6 Å². The highest BCUT2D eigenvalue weighted by atomic mass is 35.5. The second-order valence-electron chi connectivity index (χ2n) is 10.8. The molecule has 3 N–H and O–H groups in total. The summed E-state index contributed by atoms with van der Waals surface area (Å²) in [5.74, 6) is -0.323. The van der Waals surface area contributed by atoms with Crippen molar-refractivity contribution >= 4 is 29.3 Å². The van der Waals surface area contributed by atoms with E-state index in [4.69, 9.17) is 30.5 Å². The van der Waals surface area contributed by atoms with Gasteiger partial charge in [0.05, 0.1) is 31.4 Å². The Labute approximate surface area is 233 Å². The lowest BCUT2D eigenvalue weighted by Crippen LogP contribution is -2.63. The van der Waals surface area contributed by atoms with E-state index in [0.717, 1.165) is 11.1 Å². The molecule has 2 saturated heterocycles. The number of hydrogen-bond donors (Lipinski definition) is 3. The van der Waals surface area contributed by atoms with E-state index in [1.54, 1.807) is 26.1 Å². The van der Waals surface area contributed by atoms with Crippen molar-refractivity contribution in [3.8, 4) is 5.75 Å². The van der Waals surface area contributed by atoms with E-state index in [1.807, 2.05) is 32.1 Å². The number of nitrogens with zero attached hydrogens (tertiary/aromatic N) is 1. The Kier molecular flexibility index (Phi) is 8.35. The van der Waals surface area contributed by atoms with Crippen molar-refractivity contribution in [1.82, 2.24) is 5.32 Å². The number of anilines is 1. The lowest BCUT2D eigenvalue weighted by atomic mass is 9.84. The number of amides is 2. The minimum atomic E-state index is -1.73. The van der Waals surface area contributed by atoms with Crippen molar-refractivity contribution in [2.24, 2.45) is 5.92 Å². The number of nitrogens with one attached hydrogen (secondary N) is 1. The first-order chi connectivity index (χ1) is 18.3. The van der Waals surface area contributed by atoms with Gasteiger partial charge >= 0.3 is 6.09 Å². The molecular weight excluding hydrogens is 528 g/mol. The highest BCUT2D eigenvalue weighted by Crippen LogP contribution is 2.48. The van der Waals surface area contributed by atoms with Gasteiger partial charge in [0.15, 0.2) is 5.72 Å². The van der Waals surface area contributed by atoms with E-state index in [0.29, 0.717) is 17.9 Å². The molecule has 4 rings (SSSR count). The van der Waals surface area contributed by atoms with Crippen LogP contribution in [0.2, 0.25) is 5.02 Å². The van der Waals surface area contributed by atoms with Gasteiger partial charge in [-0.05, 0) is 38.0 Å². The Morgan fingerprint density at radius 1 is 1.26 bits per heavy atom. The van der Waals surface area contributed by atoms with Crippen LogP contribution in [0.4, 0.5) is 10.5 Å². The standard InChI is InChI=1S/C28H37ClN2O8/c1-15-8-7-9-22(37-6)28(35)14-20(38-26(34)30-28)16(2)25-27(3,39-25)21(32)13-23(33)31(4)18-11-17(10-15)12-19(36-5)24(18)29/h7-9,11-12,16,20-22,25,32,35H,10,13-14H2,1-6H3,(H,30,34)/b9-7+,15-8+/t16-,20-,21-,22-,25+,27+,28+/m1/s1. The van der Waals surface area contributed by atoms with Crippen LogP contribution in [0.5, 0.6) is 5.75 Å². The van der Waals surface area contributed by atoms with Gasteiger partial charge < -0.3 is 34.1 Å². The monoisotopic (exact) mass is 564 g/mol. The fourth-order valence-electron chi connectivity index (χ4n) is 5.46. The third-order valence-electron chi connectivity index (χ3n) is 7.98. The summed E-state index contributed by atoms with van der Waals surface area (Å²) in [6.07, 6.45) is 1.63. The number of allylic oxidation sites excluding steroid dienone is 3. The molecule has 2 fully saturated rings. The molecule has 7 atom stereocenters. The summed E-state index contributed by atoms with van der Waals surface area (Å²) < 4.78 is 22.4. The van der Waals surface area contributed by atoms with Crippen LogP contribution in [-0.2, 0) is 25.4 Å². The highest BCUT2D eigenvalue weighted by Gasteiger charge is 2.62. The first-order valence-electron chi connectivity index (χ1n) is 12.9. The van der Waals surface area contributed by atoms with Crippen LogP contribution in [0.3, 0.4) is 0 Å². The predicted molar refractivity (Wildman–Crippen MR) is 145 cm³/mol. The number of halogens is 1. The summed E-state index contributed by atoms with van der Waals surface area (Å²) >= 11 is 6.58. The van der Waals surface area contributed by atoms with Crippen molar-refractivity contribution in [3.63, 3.8) is 0 Å². The van der Waals surface area contributed by atoms with Gasteiger partial charge in [-0.25, -0.2) is 4.79 Å². The second-order valence-corrected chi connectivity index (χ2v) is 11.2. The molecule has 2 amide bonds. The molecule has 3 heterocycles. The fourth-order valence-corrected chi connectivity index (χ4v) is 5.78. The van der Waals surface area contributed by atoms with Crippen molar-refractivity contribution in [2.45, 2.75) is 75.8 Å². The van der Waals surface area contributed by atoms with Crippen molar-refractivity contribution in [2.75, 3.05) is 26.2 Å². The lowest BCUT2D eigenvalue weighted by Gasteiger charge is -2.42. The Morgan fingerprint density at radius 2 is 1.97 bits per heavy atom. The van der Waals surface area contributed by atoms with Gasteiger partial charge in [0.2, 0.25) is 5.91 Å². The van der Waals surface area contributed by atoms with Gasteiger partial charge in [-0.3, -0.25) is 10.1 Å². The van der Waals surface area contributed by atoms with Gasteiger partial charge in [-0.15, -0.1) is 0 Å². The fraction of sp³-hybridized carbons (Fsp3) is 0.571. The molecule has 1 aromatic carbocycles. The number of benzene rings is 1. The topological polar surface area (TPSA) is 130 Å². The van der Waals surface area contributed by atoms with Crippen molar-refractivity contribution in [1.29, 1.82) is 0 Å². The summed E-state index contributed by atoms with van der Waals surface area (Å²) in [4.78, 5) is 27.1. The average molecular weight is 565 g/mol. The minimum Gasteiger partial charge on any atom is -0.495 e. The minimum absolute atomic E-state index is 0.0310. The van der Waals surface area contributed by atoms with Crippen LogP contribution in [-0.4, -0.2) is 79.2 Å². The number of carbonyl (C=O) groups excluding carboxylic acids is 2. The first kappa shape index (κ1) is 29.4. The normalized spacial score (nSPS) is 37.6. The molecule has 3 aliphatic heterocycles. The molecule has 0 unspecified atom stereocenters. The lowest BCUT2D eigenvalue weighted by molar-refractivity contribution is -0.142. The number of alkyl carbamates (subject to hydrolysis) is 1. The molecule has 0 aliphatic carbocycles. The maximum Gasteiger partial charge on any atom is 0.409 e. The third-order valence-corrected chi connectivity index (χ3v) is 8.36. The predicted octanol–water partition coefficient (Wildman–Crippen LogP) is 3.12. The summed E-state index contributed by atoms with van der Waals surface area (Å²) in [5, 5.41) is 25.3. The van der Waals surface area contributed by atoms with E-state index in [1.165, 1.54) is 19.1 Å². The van der Waals surface area contributed by atoms with E-state index < -0.39 is 47.8 Å². The summed E-state index contributed by atoms with van der Waals surface area (Å²) in [5.41, 5.74) is -0.479. The van der Waals surface area contributed by atoms with Crippen molar-refractivity contribution < 1.29 is 38.7 Å². The second kappa shape index (κ2) is 11.1. The number of aliphatic hydroxyl groups is 2. The van der Waals surface area contributed by atoms with Gasteiger partial charge in [0, 0.05) is 26.5 Å². The number of methoxy groups -OCH3 is 2. The zero-order chi connectivity index (χ0) is 28.7.